The van der Waals surface area contributed by atoms with Gasteiger partial charge < -0.3 is 4.98 Å². The van der Waals surface area contributed by atoms with Gasteiger partial charge >= 0.3 is 0 Å². The molecule has 92 valence electrons. The summed E-state index contributed by atoms with van der Waals surface area (Å²) < 4.78 is 0. The molecule has 1 heterocycles. The zero-order valence-electron chi connectivity index (χ0n) is 9.08. The Morgan fingerprint density at radius 2 is 1.78 bits per heavy atom. The van der Waals surface area contributed by atoms with Gasteiger partial charge in [-0.15, -0.1) is 0 Å². The highest BCUT2D eigenvalue weighted by atomic mass is 35.5. The van der Waals surface area contributed by atoms with Gasteiger partial charge in [-0.25, -0.2) is 0 Å². The van der Waals surface area contributed by atoms with E-state index in [9.17, 15) is 4.79 Å². The number of hydrogen-bond donors (Lipinski definition) is 1. The zero-order chi connectivity index (χ0) is 13.1. The minimum atomic E-state index is -0.196. The van der Waals surface area contributed by atoms with Crippen LogP contribution in [0.4, 0.5) is 0 Å². The Bertz CT molecular complexity index is 580. The normalized spacial score (nSPS) is 11.1. The Balaban J connectivity index is 2.14. The maximum atomic E-state index is 11.8. The summed E-state index contributed by atoms with van der Waals surface area (Å²) in [5, 5.41) is 1.25. The molecule has 0 bridgehead atoms. The molecule has 0 aliphatic carbocycles. The number of aromatic nitrogens is 1. The number of ketones is 1. The number of halogens is 3. The molecule has 0 aliphatic rings. The van der Waals surface area contributed by atoms with Crippen LogP contribution in [0.2, 0.25) is 15.2 Å². The summed E-state index contributed by atoms with van der Waals surface area (Å²) in [7, 11) is 0. The first-order valence-electron chi connectivity index (χ1n) is 5.08. The second-order valence-corrected chi connectivity index (χ2v) is 4.82. The molecule has 0 unspecified atom stereocenters. The predicted molar refractivity (Wildman–Crippen MR) is 75.6 cm³/mol. The molecule has 0 fully saturated rings. The lowest BCUT2D eigenvalue weighted by molar-refractivity contribution is 0.104. The molecule has 0 radical (unpaired) electrons. The molecule has 18 heavy (non-hydrogen) atoms. The van der Waals surface area contributed by atoms with Gasteiger partial charge in [0, 0.05) is 5.02 Å². The quantitative estimate of drug-likeness (QED) is 0.636. The Kier molecular flexibility index (Phi) is 4.12. The highest BCUT2D eigenvalue weighted by Crippen LogP contribution is 2.22. The van der Waals surface area contributed by atoms with Crippen LogP contribution in [-0.4, -0.2) is 10.8 Å². The van der Waals surface area contributed by atoms with E-state index in [-0.39, 0.29) is 10.9 Å². The third-order valence-electron chi connectivity index (χ3n) is 2.29. The van der Waals surface area contributed by atoms with Gasteiger partial charge in [0.25, 0.3) is 0 Å². The van der Waals surface area contributed by atoms with Crippen molar-refractivity contribution in [3.63, 3.8) is 0 Å². The third kappa shape index (κ3) is 3.16. The number of H-pyrrole nitrogens is 1. The van der Waals surface area contributed by atoms with Crippen LogP contribution < -0.4 is 0 Å². The molecule has 0 saturated carbocycles. The van der Waals surface area contributed by atoms with Crippen LogP contribution in [0, 0.1) is 0 Å². The Hall–Kier alpha value is -1.22. The van der Waals surface area contributed by atoms with Crippen molar-refractivity contribution in [1.82, 2.24) is 4.98 Å². The van der Waals surface area contributed by atoms with Gasteiger partial charge in [-0.3, -0.25) is 4.79 Å². The number of benzene rings is 1. The van der Waals surface area contributed by atoms with E-state index >= 15 is 0 Å². The molecule has 1 N–H and O–H groups in total. The third-order valence-corrected chi connectivity index (χ3v) is 3.23. The Labute approximate surface area is 119 Å². The van der Waals surface area contributed by atoms with Crippen molar-refractivity contribution < 1.29 is 4.79 Å². The van der Waals surface area contributed by atoms with E-state index in [1.165, 1.54) is 12.1 Å². The summed E-state index contributed by atoms with van der Waals surface area (Å²) in [5.41, 5.74) is 1.24. The van der Waals surface area contributed by atoms with E-state index in [0.29, 0.717) is 15.7 Å². The first kappa shape index (κ1) is 13.2. The summed E-state index contributed by atoms with van der Waals surface area (Å²) in [4.78, 5) is 14.5. The van der Waals surface area contributed by atoms with Crippen LogP contribution in [0.25, 0.3) is 6.08 Å². The summed E-state index contributed by atoms with van der Waals surface area (Å²) >= 11 is 17.2. The lowest BCUT2D eigenvalue weighted by atomic mass is 10.2. The highest BCUT2D eigenvalue weighted by molar-refractivity contribution is 6.41. The Morgan fingerprint density at radius 3 is 2.33 bits per heavy atom. The topological polar surface area (TPSA) is 32.9 Å². The van der Waals surface area contributed by atoms with Crippen LogP contribution in [0.5, 0.6) is 0 Å². The molecule has 0 spiro atoms. The molecular formula is C13H8Cl3NO. The molecule has 0 amide bonds. The molecule has 0 atom stereocenters. The molecule has 2 aromatic rings. The van der Waals surface area contributed by atoms with Crippen molar-refractivity contribution in [2.45, 2.75) is 0 Å². The van der Waals surface area contributed by atoms with Crippen molar-refractivity contribution in [3.05, 3.63) is 62.9 Å². The van der Waals surface area contributed by atoms with E-state index in [1.807, 2.05) is 12.1 Å². The summed E-state index contributed by atoms with van der Waals surface area (Å²) in [6.07, 6.45) is 3.14. The summed E-state index contributed by atoms with van der Waals surface area (Å²) in [6.45, 7) is 0. The van der Waals surface area contributed by atoms with Gasteiger partial charge in [0.15, 0.2) is 0 Å². The SMILES string of the molecule is O=C(/C=C/c1ccc(Cl)cc1)c1cc(Cl)c(Cl)[nH]1. The monoisotopic (exact) mass is 299 g/mol. The fourth-order valence-corrected chi connectivity index (χ4v) is 1.81. The van der Waals surface area contributed by atoms with Crippen molar-refractivity contribution >= 4 is 46.7 Å². The summed E-state index contributed by atoms with van der Waals surface area (Å²) in [6, 6.07) is 8.65. The number of allylic oxidation sites excluding steroid dienone is 1. The van der Waals surface area contributed by atoms with Crippen molar-refractivity contribution in [2.24, 2.45) is 0 Å². The van der Waals surface area contributed by atoms with Crippen LogP contribution in [0.1, 0.15) is 16.1 Å². The van der Waals surface area contributed by atoms with Crippen molar-refractivity contribution in [2.75, 3.05) is 0 Å². The standard InChI is InChI=1S/C13H8Cl3NO/c14-9-4-1-8(2-5-9)3-6-12(18)11-7-10(15)13(16)17-11/h1-7,17H/b6-3+. The summed E-state index contributed by atoms with van der Waals surface area (Å²) in [5.74, 6) is -0.196. The number of carbonyl (C=O) groups is 1. The molecule has 2 rings (SSSR count). The minimum absolute atomic E-state index is 0.196. The second-order valence-electron chi connectivity index (χ2n) is 3.59. The Morgan fingerprint density at radius 1 is 1.11 bits per heavy atom. The number of carbonyl (C=O) groups excluding carboxylic acids is 1. The number of rotatable bonds is 3. The van der Waals surface area contributed by atoms with Gasteiger partial charge in [0.2, 0.25) is 5.78 Å². The van der Waals surface area contributed by atoms with E-state index < -0.39 is 0 Å². The van der Waals surface area contributed by atoms with Crippen LogP contribution in [-0.2, 0) is 0 Å². The molecular weight excluding hydrogens is 293 g/mol. The van der Waals surface area contributed by atoms with E-state index in [0.717, 1.165) is 5.56 Å². The molecule has 0 saturated heterocycles. The average molecular weight is 301 g/mol. The maximum absolute atomic E-state index is 11.8. The molecule has 1 aromatic heterocycles. The largest absolute Gasteiger partial charge is 0.342 e. The number of aromatic amines is 1. The van der Waals surface area contributed by atoms with Gasteiger partial charge in [-0.2, -0.15) is 0 Å². The molecule has 2 nitrogen and oxygen atoms in total. The smallest absolute Gasteiger partial charge is 0.202 e. The maximum Gasteiger partial charge on any atom is 0.202 e. The van der Waals surface area contributed by atoms with Gasteiger partial charge in [0.05, 0.1) is 10.7 Å². The molecule has 1 aromatic carbocycles. The molecule has 5 heteroatoms. The van der Waals surface area contributed by atoms with Crippen molar-refractivity contribution in [1.29, 1.82) is 0 Å². The minimum Gasteiger partial charge on any atom is -0.342 e. The fraction of sp³-hybridized carbons (Fsp3) is 0. The molecule has 0 aliphatic heterocycles. The number of nitrogens with one attached hydrogen (secondary N) is 1. The second kappa shape index (κ2) is 5.61. The van der Waals surface area contributed by atoms with Gasteiger partial charge in [-0.1, -0.05) is 53.0 Å². The lowest BCUT2D eigenvalue weighted by Crippen LogP contribution is -1.93. The van der Waals surface area contributed by atoms with E-state index in [4.69, 9.17) is 34.8 Å². The van der Waals surface area contributed by atoms with E-state index in [1.54, 1.807) is 18.2 Å². The fourth-order valence-electron chi connectivity index (χ4n) is 1.37. The number of hydrogen-bond acceptors (Lipinski definition) is 1. The van der Waals surface area contributed by atoms with Crippen LogP contribution in [0.15, 0.2) is 36.4 Å². The van der Waals surface area contributed by atoms with Crippen molar-refractivity contribution in [3.8, 4) is 0 Å². The van der Waals surface area contributed by atoms with Crippen LogP contribution >= 0.6 is 34.8 Å². The predicted octanol–water partition coefficient (Wildman–Crippen LogP) is 4.87. The highest BCUT2D eigenvalue weighted by Gasteiger charge is 2.08. The van der Waals surface area contributed by atoms with E-state index in [2.05, 4.69) is 4.98 Å². The first-order valence-corrected chi connectivity index (χ1v) is 6.21. The zero-order valence-corrected chi connectivity index (χ0v) is 11.4. The average Bonchev–Trinajstić information content (AvgIpc) is 2.69. The van der Waals surface area contributed by atoms with Crippen LogP contribution in [0.3, 0.4) is 0 Å². The van der Waals surface area contributed by atoms with Gasteiger partial charge in [-0.05, 0) is 29.8 Å². The first-order chi connectivity index (χ1) is 8.56. The van der Waals surface area contributed by atoms with Gasteiger partial charge in [0.1, 0.15) is 5.15 Å². The lowest BCUT2D eigenvalue weighted by Gasteiger charge is -1.93.